The second kappa shape index (κ2) is 7.72. The Morgan fingerprint density at radius 3 is 2.65 bits per heavy atom. The van der Waals surface area contributed by atoms with E-state index in [1.807, 2.05) is 25.1 Å². The molecular weight excluding hydrogens is 280 g/mol. The van der Waals surface area contributed by atoms with Gasteiger partial charge < -0.3 is 9.84 Å². The fourth-order valence-corrected chi connectivity index (χ4v) is 2.26. The van der Waals surface area contributed by atoms with Gasteiger partial charge in [0.05, 0.1) is 17.2 Å². The van der Waals surface area contributed by atoms with Crippen molar-refractivity contribution < 1.29 is 9.84 Å². The number of rotatable bonds is 7. The third-order valence-corrected chi connectivity index (χ3v) is 3.34. The molecule has 0 spiro atoms. The second-order valence-corrected chi connectivity index (χ2v) is 4.99. The van der Waals surface area contributed by atoms with Crippen LogP contribution in [0.1, 0.15) is 51.2 Å². The molecular formula is C14H21BrO2. The molecule has 0 heterocycles. The molecule has 1 N–H and O–H groups in total. The number of aliphatic hydroxyl groups is 1. The number of unbranched alkanes of at least 4 members (excludes halogenated alkanes) is 2. The zero-order chi connectivity index (χ0) is 12.7. The lowest BCUT2D eigenvalue weighted by Gasteiger charge is -2.13. The van der Waals surface area contributed by atoms with Gasteiger partial charge in [0, 0.05) is 0 Å². The first-order valence-electron chi connectivity index (χ1n) is 6.29. The lowest BCUT2D eigenvalue weighted by atomic mass is 10.0. The standard InChI is InChI=1S/C14H21BrO2/c1-3-5-6-7-13(16)11-8-9-14(17-4-2)12(15)10-11/h8-10,13,16H,3-7H2,1-2H3. The van der Waals surface area contributed by atoms with E-state index in [9.17, 15) is 5.11 Å². The van der Waals surface area contributed by atoms with Crippen LogP contribution in [0.5, 0.6) is 5.75 Å². The molecule has 0 saturated carbocycles. The lowest BCUT2D eigenvalue weighted by Crippen LogP contribution is -1.99. The minimum atomic E-state index is -0.367. The number of hydrogen-bond acceptors (Lipinski definition) is 2. The third-order valence-electron chi connectivity index (χ3n) is 2.72. The SMILES string of the molecule is CCCCCC(O)c1ccc(OCC)c(Br)c1. The Labute approximate surface area is 112 Å². The molecule has 0 amide bonds. The summed E-state index contributed by atoms with van der Waals surface area (Å²) in [6.07, 6.45) is 3.89. The highest BCUT2D eigenvalue weighted by Crippen LogP contribution is 2.30. The van der Waals surface area contributed by atoms with Crippen molar-refractivity contribution >= 4 is 15.9 Å². The molecule has 0 aliphatic heterocycles. The topological polar surface area (TPSA) is 29.5 Å². The molecule has 17 heavy (non-hydrogen) atoms. The van der Waals surface area contributed by atoms with Gasteiger partial charge >= 0.3 is 0 Å². The summed E-state index contributed by atoms with van der Waals surface area (Å²) in [5, 5.41) is 10.0. The molecule has 0 fully saturated rings. The zero-order valence-electron chi connectivity index (χ0n) is 10.6. The predicted octanol–water partition coefficient (Wildman–Crippen LogP) is 4.46. The van der Waals surface area contributed by atoms with Crippen LogP contribution < -0.4 is 4.74 Å². The van der Waals surface area contributed by atoms with E-state index in [2.05, 4.69) is 22.9 Å². The maximum Gasteiger partial charge on any atom is 0.133 e. The second-order valence-electron chi connectivity index (χ2n) is 4.13. The van der Waals surface area contributed by atoms with E-state index in [1.54, 1.807) is 0 Å². The zero-order valence-corrected chi connectivity index (χ0v) is 12.2. The summed E-state index contributed by atoms with van der Waals surface area (Å²) < 4.78 is 6.35. The Kier molecular flexibility index (Phi) is 6.60. The Balaban J connectivity index is 2.62. The average molecular weight is 301 g/mol. The fraction of sp³-hybridized carbons (Fsp3) is 0.571. The Morgan fingerprint density at radius 1 is 1.29 bits per heavy atom. The van der Waals surface area contributed by atoms with Crippen LogP contribution in [-0.4, -0.2) is 11.7 Å². The van der Waals surface area contributed by atoms with Crippen molar-refractivity contribution in [2.75, 3.05) is 6.61 Å². The van der Waals surface area contributed by atoms with Crippen LogP contribution >= 0.6 is 15.9 Å². The summed E-state index contributed by atoms with van der Waals surface area (Å²) in [4.78, 5) is 0. The smallest absolute Gasteiger partial charge is 0.133 e. The van der Waals surface area contributed by atoms with E-state index in [-0.39, 0.29) is 6.10 Å². The van der Waals surface area contributed by atoms with Gasteiger partial charge in [-0.05, 0) is 47.0 Å². The van der Waals surface area contributed by atoms with E-state index < -0.39 is 0 Å². The number of benzene rings is 1. The Morgan fingerprint density at radius 2 is 2.06 bits per heavy atom. The monoisotopic (exact) mass is 300 g/mol. The third kappa shape index (κ3) is 4.68. The minimum absolute atomic E-state index is 0.367. The minimum Gasteiger partial charge on any atom is -0.493 e. The molecule has 0 aromatic heterocycles. The molecule has 0 bridgehead atoms. The molecule has 2 nitrogen and oxygen atoms in total. The van der Waals surface area contributed by atoms with Gasteiger partial charge in [0.1, 0.15) is 5.75 Å². The number of ether oxygens (including phenoxy) is 1. The van der Waals surface area contributed by atoms with Gasteiger partial charge in [0.25, 0.3) is 0 Å². The molecule has 0 radical (unpaired) electrons. The molecule has 0 aliphatic rings. The van der Waals surface area contributed by atoms with Crippen LogP contribution in [0.25, 0.3) is 0 Å². The highest BCUT2D eigenvalue weighted by molar-refractivity contribution is 9.10. The molecule has 96 valence electrons. The quantitative estimate of drug-likeness (QED) is 0.753. The van der Waals surface area contributed by atoms with E-state index in [4.69, 9.17) is 4.74 Å². The number of aliphatic hydroxyl groups excluding tert-OH is 1. The van der Waals surface area contributed by atoms with Gasteiger partial charge in [-0.2, -0.15) is 0 Å². The molecule has 1 atom stereocenters. The van der Waals surface area contributed by atoms with Crippen molar-refractivity contribution in [3.63, 3.8) is 0 Å². The first-order valence-corrected chi connectivity index (χ1v) is 7.08. The van der Waals surface area contributed by atoms with Gasteiger partial charge in [-0.15, -0.1) is 0 Å². The van der Waals surface area contributed by atoms with Crippen LogP contribution in [0.15, 0.2) is 22.7 Å². The highest BCUT2D eigenvalue weighted by Gasteiger charge is 2.09. The fourth-order valence-electron chi connectivity index (χ4n) is 1.75. The van der Waals surface area contributed by atoms with Crippen LogP contribution in [0.2, 0.25) is 0 Å². The van der Waals surface area contributed by atoms with Crippen molar-refractivity contribution in [2.45, 2.75) is 45.6 Å². The predicted molar refractivity (Wildman–Crippen MR) is 74.4 cm³/mol. The molecule has 1 aromatic rings. The molecule has 0 saturated heterocycles. The summed E-state index contributed by atoms with van der Waals surface area (Å²) in [7, 11) is 0. The van der Waals surface area contributed by atoms with E-state index in [1.165, 1.54) is 12.8 Å². The van der Waals surface area contributed by atoms with Crippen molar-refractivity contribution in [2.24, 2.45) is 0 Å². The van der Waals surface area contributed by atoms with Crippen molar-refractivity contribution in [1.29, 1.82) is 0 Å². The van der Waals surface area contributed by atoms with Crippen LogP contribution in [0.3, 0.4) is 0 Å². The normalized spacial score (nSPS) is 12.5. The summed E-state index contributed by atoms with van der Waals surface area (Å²) >= 11 is 3.46. The number of hydrogen-bond donors (Lipinski definition) is 1. The van der Waals surface area contributed by atoms with E-state index >= 15 is 0 Å². The first-order chi connectivity index (χ1) is 8.19. The van der Waals surface area contributed by atoms with Crippen molar-refractivity contribution in [3.05, 3.63) is 28.2 Å². The van der Waals surface area contributed by atoms with Crippen LogP contribution in [0, 0.1) is 0 Å². The largest absolute Gasteiger partial charge is 0.493 e. The summed E-state index contributed by atoms with van der Waals surface area (Å²) in [6.45, 7) is 4.77. The Hall–Kier alpha value is -0.540. The maximum atomic E-state index is 10.0. The van der Waals surface area contributed by atoms with Gasteiger partial charge in [-0.3, -0.25) is 0 Å². The van der Waals surface area contributed by atoms with Gasteiger partial charge in [0.15, 0.2) is 0 Å². The van der Waals surface area contributed by atoms with Crippen LogP contribution in [-0.2, 0) is 0 Å². The molecule has 1 unspecified atom stereocenters. The summed E-state index contributed by atoms with van der Waals surface area (Å²) in [5.41, 5.74) is 0.955. The van der Waals surface area contributed by atoms with Gasteiger partial charge in [0.2, 0.25) is 0 Å². The molecule has 0 aliphatic carbocycles. The van der Waals surface area contributed by atoms with E-state index in [0.717, 1.165) is 28.6 Å². The molecule has 1 aromatic carbocycles. The van der Waals surface area contributed by atoms with Crippen LogP contribution in [0.4, 0.5) is 0 Å². The Bertz CT molecular complexity index is 339. The highest BCUT2D eigenvalue weighted by atomic mass is 79.9. The summed E-state index contributed by atoms with van der Waals surface area (Å²) in [5.74, 6) is 0.831. The van der Waals surface area contributed by atoms with Gasteiger partial charge in [-0.1, -0.05) is 32.3 Å². The first kappa shape index (κ1) is 14.5. The molecule has 1 rings (SSSR count). The van der Waals surface area contributed by atoms with Crippen molar-refractivity contribution in [3.8, 4) is 5.75 Å². The molecule has 3 heteroatoms. The lowest BCUT2D eigenvalue weighted by molar-refractivity contribution is 0.163. The number of halogens is 1. The average Bonchev–Trinajstić information content (AvgIpc) is 2.32. The van der Waals surface area contributed by atoms with E-state index in [0.29, 0.717) is 6.61 Å². The summed E-state index contributed by atoms with van der Waals surface area (Å²) in [6, 6.07) is 5.79. The van der Waals surface area contributed by atoms with Crippen molar-refractivity contribution in [1.82, 2.24) is 0 Å². The van der Waals surface area contributed by atoms with Gasteiger partial charge in [-0.25, -0.2) is 0 Å². The maximum absolute atomic E-state index is 10.0.